The van der Waals surface area contributed by atoms with Gasteiger partial charge in [-0.2, -0.15) is 0 Å². The van der Waals surface area contributed by atoms with Crippen molar-refractivity contribution >= 4 is 6.16 Å². The van der Waals surface area contributed by atoms with Crippen molar-refractivity contribution in [1.29, 1.82) is 0 Å². The third kappa shape index (κ3) is 1.84. The average molecular weight is 240 g/mol. The van der Waals surface area contributed by atoms with Crippen molar-refractivity contribution in [2.24, 2.45) is 0 Å². The fraction of sp³-hybridized carbons (Fsp3) is 0.857. The molecule has 1 aliphatic rings. The SMILES string of the molecule is O=C(O)OC1(O)[C@H](O)[C@H](O)C(O)[C@H](O)[C@H]1O. The summed E-state index contributed by atoms with van der Waals surface area (Å²) in [7, 11) is 0. The summed E-state index contributed by atoms with van der Waals surface area (Å²) in [5, 5.41) is 63.8. The van der Waals surface area contributed by atoms with Crippen molar-refractivity contribution < 1.29 is 45.3 Å². The zero-order valence-corrected chi connectivity index (χ0v) is 7.83. The smallest absolute Gasteiger partial charge is 0.450 e. The largest absolute Gasteiger partial charge is 0.508 e. The molecule has 0 heterocycles. The summed E-state index contributed by atoms with van der Waals surface area (Å²) in [6, 6.07) is 0. The van der Waals surface area contributed by atoms with Crippen molar-refractivity contribution in [2.75, 3.05) is 0 Å². The van der Waals surface area contributed by atoms with Gasteiger partial charge in [-0.15, -0.1) is 0 Å². The summed E-state index contributed by atoms with van der Waals surface area (Å²) in [4.78, 5) is 10.2. The molecule has 9 nitrogen and oxygen atoms in total. The maximum absolute atomic E-state index is 10.2. The van der Waals surface area contributed by atoms with Crippen LogP contribution in [0.5, 0.6) is 0 Å². The zero-order valence-electron chi connectivity index (χ0n) is 7.83. The molecule has 16 heavy (non-hydrogen) atoms. The van der Waals surface area contributed by atoms with Crippen LogP contribution in [0.1, 0.15) is 0 Å². The van der Waals surface area contributed by atoms with Gasteiger partial charge in [-0.3, -0.25) is 0 Å². The second-order valence-electron chi connectivity index (χ2n) is 3.48. The molecule has 94 valence electrons. The molecule has 0 radical (unpaired) electrons. The van der Waals surface area contributed by atoms with Crippen LogP contribution in [-0.2, 0) is 4.74 Å². The highest BCUT2D eigenvalue weighted by atomic mass is 16.7. The molecule has 0 bridgehead atoms. The van der Waals surface area contributed by atoms with E-state index < -0.39 is 42.5 Å². The van der Waals surface area contributed by atoms with Crippen LogP contribution < -0.4 is 0 Å². The van der Waals surface area contributed by atoms with Crippen molar-refractivity contribution in [1.82, 2.24) is 0 Å². The summed E-state index contributed by atoms with van der Waals surface area (Å²) >= 11 is 0. The van der Waals surface area contributed by atoms with Gasteiger partial charge in [-0.05, 0) is 0 Å². The normalized spacial score (nSPS) is 48.8. The van der Waals surface area contributed by atoms with Gasteiger partial charge in [-0.25, -0.2) is 4.79 Å². The fourth-order valence-electron chi connectivity index (χ4n) is 1.50. The molecule has 0 spiro atoms. The first-order valence-corrected chi connectivity index (χ1v) is 4.26. The van der Waals surface area contributed by atoms with Gasteiger partial charge in [0.1, 0.15) is 18.3 Å². The third-order valence-electron chi connectivity index (χ3n) is 2.45. The van der Waals surface area contributed by atoms with E-state index in [1.165, 1.54) is 0 Å². The second kappa shape index (κ2) is 4.13. The van der Waals surface area contributed by atoms with Gasteiger partial charge in [0.15, 0.2) is 12.2 Å². The summed E-state index contributed by atoms with van der Waals surface area (Å²) in [5.74, 6) is -3.11. The molecule has 1 saturated carbocycles. The molecular formula is C7H12O9. The highest BCUT2D eigenvalue weighted by Crippen LogP contribution is 2.31. The number of hydrogen-bond acceptors (Lipinski definition) is 8. The van der Waals surface area contributed by atoms with E-state index in [0.717, 1.165) is 0 Å². The van der Waals surface area contributed by atoms with E-state index in [9.17, 15) is 30.3 Å². The van der Waals surface area contributed by atoms with E-state index >= 15 is 0 Å². The quantitative estimate of drug-likeness (QED) is 0.179. The molecule has 6 atom stereocenters. The molecule has 1 rings (SSSR count). The molecule has 0 aromatic carbocycles. The number of carbonyl (C=O) groups is 1. The molecule has 0 aromatic rings. The molecule has 1 fully saturated rings. The molecule has 9 heteroatoms. The monoisotopic (exact) mass is 240 g/mol. The molecule has 0 aromatic heterocycles. The van der Waals surface area contributed by atoms with Crippen LogP contribution in [0.3, 0.4) is 0 Å². The number of aliphatic hydroxyl groups excluding tert-OH is 5. The minimum atomic E-state index is -3.11. The summed E-state index contributed by atoms with van der Waals surface area (Å²) in [6.45, 7) is 0. The second-order valence-corrected chi connectivity index (χ2v) is 3.48. The molecule has 2 unspecified atom stereocenters. The van der Waals surface area contributed by atoms with Crippen molar-refractivity contribution in [3.63, 3.8) is 0 Å². The molecule has 0 saturated heterocycles. The van der Waals surface area contributed by atoms with Crippen molar-refractivity contribution in [3.8, 4) is 0 Å². The minimum absolute atomic E-state index is 1.94. The van der Waals surface area contributed by atoms with Gasteiger partial charge < -0.3 is 40.5 Å². The highest BCUT2D eigenvalue weighted by molar-refractivity contribution is 5.57. The number of carboxylic acid groups (broad SMARTS) is 1. The van der Waals surface area contributed by atoms with Crippen LogP contribution in [0.4, 0.5) is 4.79 Å². The Morgan fingerprint density at radius 2 is 1.31 bits per heavy atom. The number of hydrogen-bond donors (Lipinski definition) is 7. The Bertz CT molecular complexity index is 263. The number of rotatable bonds is 1. The Morgan fingerprint density at radius 1 is 0.938 bits per heavy atom. The van der Waals surface area contributed by atoms with E-state index in [2.05, 4.69) is 4.74 Å². The Morgan fingerprint density at radius 3 is 1.62 bits per heavy atom. The summed E-state index contributed by atoms with van der Waals surface area (Å²) in [6.07, 6.45) is -12.7. The van der Waals surface area contributed by atoms with E-state index in [1.807, 2.05) is 0 Å². The van der Waals surface area contributed by atoms with Crippen LogP contribution >= 0.6 is 0 Å². The molecular weight excluding hydrogens is 228 g/mol. The fourth-order valence-corrected chi connectivity index (χ4v) is 1.50. The van der Waals surface area contributed by atoms with E-state index in [1.54, 1.807) is 0 Å². The van der Waals surface area contributed by atoms with Gasteiger partial charge in [0.2, 0.25) is 0 Å². The molecule has 1 aliphatic carbocycles. The summed E-state index contributed by atoms with van der Waals surface area (Å²) < 4.78 is 3.83. The number of aliphatic hydroxyl groups is 6. The van der Waals surface area contributed by atoms with Gasteiger partial charge in [0, 0.05) is 0 Å². The Hall–Kier alpha value is -0.970. The van der Waals surface area contributed by atoms with Crippen LogP contribution in [0.25, 0.3) is 0 Å². The van der Waals surface area contributed by atoms with Gasteiger partial charge >= 0.3 is 6.16 Å². The van der Waals surface area contributed by atoms with E-state index in [4.69, 9.17) is 10.2 Å². The topological polar surface area (TPSA) is 168 Å². The Balaban J connectivity index is 3.02. The minimum Gasteiger partial charge on any atom is -0.450 e. The Kier molecular flexibility index (Phi) is 3.38. The van der Waals surface area contributed by atoms with Crippen LogP contribution in [0.15, 0.2) is 0 Å². The van der Waals surface area contributed by atoms with Crippen LogP contribution in [0.2, 0.25) is 0 Å². The first-order valence-electron chi connectivity index (χ1n) is 4.26. The Labute approximate surface area is 88.8 Å². The predicted molar refractivity (Wildman–Crippen MR) is 44.1 cm³/mol. The van der Waals surface area contributed by atoms with E-state index in [-0.39, 0.29) is 0 Å². The maximum Gasteiger partial charge on any atom is 0.508 e. The van der Waals surface area contributed by atoms with Gasteiger partial charge in [0.05, 0.1) is 0 Å². The van der Waals surface area contributed by atoms with E-state index in [0.29, 0.717) is 0 Å². The lowest BCUT2D eigenvalue weighted by Gasteiger charge is -2.45. The van der Waals surface area contributed by atoms with Gasteiger partial charge in [0.25, 0.3) is 5.79 Å². The van der Waals surface area contributed by atoms with Crippen LogP contribution in [-0.4, -0.2) is 78.2 Å². The lowest BCUT2D eigenvalue weighted by molar-refractivity contribution is -0.344. The van der Waals surface area contributed by atoms with Crippen molar-refractivity contribution in [2.45, 2.75) is 36.3 Å². The standard InChI is InChI=1S/C7H12O9/c8-1-2(9)4(11)7(15,16-6(13)14)5(12)3(1)10/h1-5,8-12,15H,(H,13,14)/t1?,2-,3+,4-,5-,7?/m1/s1. The third-order valence-corrected chi connectivity index (χ3v) is 2.45. The lowest BCUT2D eigenvalue weighted by atomic mass is 9.82. The first-order chi connectivity index (χ1) is 7.21. The van der Waals surface area contributed by atoms with Gasteiger partial charge in [-0.1, -0.05) is 0 Å². The molecule has 7 N–H and O–H groups in total. The molecule has 0 amide bonds. The van der Waals surface area contributed by atoms with Crippen LogP contribution in [0, 0.1) is 0 Å². The van der Waals surface area contributed by atoms with Crippen molar-refractivity contribution in [3.05, 3.63) is 0 Å². The maximum atomic E-state index is 10.2. The zero-order chi connectivity index (χ0) is 12.7. The summed E-state index contributed by atoms with van der Waals surface area (Å²) in [5.41, 5.74) is 0. The average Bonchev–Trinajstić information content (AvgIpc) is 2.21. The lowest BCUT2D eigenvalue weighted by Crippen LogP contribution is -2.72. The predicted octanol–water partition coefficient (Wildman–Crippen LogP) is -3.81. The first kappa shape index (κ1) is 13.1. The highest BCUT2D eigenvalue weighted by Gasteiger charge is 2.60. The molecule has 0 aliphatic heterocycles. The number of ether oxygens (including phenoxy) is 1.